The number of thioether (sulfide) groups is 1. The fraction of sp³-hybridized carbons (Fsp3) is 0.852. The number of nitrogens with zero attached hydrogens (tertiary/aromatic N) is 3. The summed E-state index contributed by atoms with van der Waals surface area (Å²) in [6.45, 7) is 16.4. The highest BCUT2D eigenvalue weighted by Gasteiger charge is 1.75. The van der Waals surface area contributed by atoms with Crippen molar-refractivity contribution in [3.05, 3.63) is 11.1 Å². The van der Waals surface area contributed by atoms with Crippen molar-refractivity contribution in [2.45, 2.75) is 99.9 Å². The first-order chi connectivity index (χ1) is 11.7. The summed E-state index contributed by atoms with van der Waals surface area (Å²) in [5.74, 6) is 0. The smallest absolute Gasteiger partial charge is 0.0351 e. The Labute approximate surface area is 215 Å². The Morgan fingerprint density at radius 1 is 0.562 bits per heavy atom. The van der Waals surface area contributed by atoms with Crippen LogP contribution in [0, 0.1) is 0 Å². The Morgan fingerprint density at radius 2 is 0.625 bits per heavy atom. The van der Waals surface area contributed by atoms with E-state index in [1.807, 2.05) is 66.2 Å². The molecule has 0 N–H and O–H groups in total. The van der Waals surface area contributed by atoms with Crippen LogP contribution in [0.2, 0.25) is 0 Å². The second kappa shape index (κ2) is 77.6. The van der Waals surface area contributed by atoms with Crippen molar-refractivity contribution in [3.63, 3.8) is 0 Å². The van der Waals surface area contributed by atoms with Crippen molar-refractivity contribution in [3.8, 4) is 0 Å². The van der Waals surface area contributed by atoms with Crippen molar-refractivity contribution < 1.29 is 4.74 Å². The second-order valence-electron chi connectivity index (χ2n) is 6.50. The van der Waals surface area contributed by atoms with Gasteiger partial charge in [0.15, 0.2) is 0 Å². The lowest BCUT2D eigenvalue weighted by molar-refractivity contribution is 0.277. The van der Waals surface area contributed by atoms with Crippen LogP contribution in [0.25, 0.3) is 0 Å². The first-order valence-electron chi connectivity index (χ1n) is 8.57. The fourth-order valence-corrected chi connectivity index (χ4v) is 0. The third-order valence-corrected chi connectivity index (χ3v) is 1.89. The first-order valence-corrected chi connectivity index (χ1v) is 10.2. The number of hydrogen-bond donors (Lipinski definition) is 0. The molecule has 0 saturated heterocycles. The first kappa shape index (κ1) is 77.1. The minimum atomic E-state index is 0. The van der Waals surface area contributed by atoms with Crippen molar-refractivity contribution in [1.82, 2.24) is 4.90 Å². The minimum Gasteiger partial charge on any atom is -0.388 e. The lowest BCUT2D eigenvalue weighted by atomic mass is 10.2. The maximum absolute atomic E-state index is 4.25. The number of ether oxygens (including phenoxy) is 1. The topological polar surface area (TPSA) is 37.2 Å². The van der Waals surface area contributed by atoms with E-state index < -0.39 is 0 Å². The van der Waals surface area contributed by atoms with E-state index in [1.165, 1.54) is 11.1 Å². The van der Waals surface area contributed by atoms with Crippen LogP contribution in [0.1, 0.15) is 99.9 Å². The molecule has 0 unspecified atom stereocenters. The highest BCUT2D eigenvalue weighted by molar-refractivity contribution is 7.97. The summed E-state index contributed by atoms with van der Waals surface area (Å²) in [6.07, 6.45) is 4.08. The molecule has 32 heavy (non-hydrogen) atoms. The van der Waals surface area contributed by atoms with E-state index in [0.717, 1.165) is 11.4 Å². The minimum absolute atomic E-state index is 0. The molecule has 0 aliphatic carbocycles. The zero-order valence-electron chi connectivity index (χ0n) is 21.2. The molecule has 0 fully saturated rings. The van der Waals surface area contributed by atoms with Crippen LogP contribution < -0.4 is 0 Å². The standard InChI is InChI=1S/C6H12.2C4H9N.C3H9N.C2H6O.C2H6S.6CH4/c1-5(2)6(3)4;2*1-4(2)5-3;1-4(2)3;2*1-3-2;;;;;;/h1-4H3;2*1-3H3;1-3H3;2*1-2H3;6*1H4. The van der Waals surface area contributed by atoms with Gasteiger partial charge in [0.1, 0.15) is 0 Å². The normalized spacial score (nSPS) is 5.94. The van der Waals surface area contributed by atoms with Crippen LogP contribution in [0.4, 0.5) is 0 Å². The van der Waals surface area contributed by atoms with Crippen LogP contribution in [-0.4, -0.2) is 78.3 Å². The third kappa shape index (κ3) is 437. The number of allylic oxidation sites excluding steroid dienone is 2. The average Bonchev–Trinajstić information content (AvgIpc) is 2.49. The maximum atomic E-state index is 4.25. The molecule has 210 valence electrons. The van der Waals surface area contributed by atoms with Crippen LogP contribution >= 0.6 is 11.8 Å². The molecule has 0 radical (unpaired) electrons. The van der Waals surface area contributed by atoms with Gasteiger partial charge in [0.25, 0.3) is 0 Å². The molecule has 0 aliphatic rings. The van der Waals surface area contributed by atoms with E-state index in [1.54, 1.807) is 40.1 Å². The second-order valence-corrected chi connectivity index (χ2v) is 7.32. The largest absolute Gasteiger partial charge is 0.388 e. The Morgan fingerprint density at radius 3 is 0.625 bits per heavy atom. The van der Waals surface area contributed by atoms with Gasteiger partial charge in [0.05, 0.1) is 0 Å². The molecular weight excluding hydrogens is 414 g/mol. The third-order valence-electron chi connectivity index (χ3n) is 1.89. The molecule has 4 nitrogen and oxygen atoms in total. The molecule has 0 spiro atoms. The van der Waals surface area contributed by atoms with Gasteiger partial charge in [-0.25, -0.2) is 0 Å². The molecule has 5 heteroatoms. The van der Waals surface area contributed by atoms with Crippen molar-refractivity contribution in [2.75, 3.05) is 62.0 Å². The molecule has 0 aromatic carbocycles. The van der Waals surface area contributed by atoms with Gasteiger partial charge in [0, 0.05) is 39.7 Å². The van der Waals surface area contributed by atoms with Gasteiger partial charge in [-0.2, -0.15) is 11.8 Å². The van der Waals surface area contributed by atoms with Gasteiger partial charge >= 0.3 is 0 Å². The molecule has 0 bridgehead atoms. The number of hydrogen-bond acceptors (Lipinski definition) is 5. The molecular formula is C27H75N3OS. The van der Waals surface area contributed by atoms with Crippen LogP contribution in [0.5, 0.6) is 0 Å². The summed E-state index contributed by atoms with van der Waals surface area (Å²) >= 11 is 1.75. The summed E-state index contributed by atoms with van der Waals surface area (Å²) in [5, 5.41) is 0. The molecule has 0 aliphatic heterocycles. The zero-order valence-corrected chi connectivity index (χ0v) is 22.0. The van der Waals surface area contributed by atoms with Crippen LogP contribution in [0.15, 0.2) is 21.1 Å². The number of rotatable bonds is 0. The Balaban J connectivity index is -0.0000000147. The number of aliphatic imine (C=N–C) groups is 2. The Bertz CT molecular complexity index is 278. The van der Waals surface area contributed by atoms with Gasteiger partial charge in [-0.15, -0.1) is 0 Å². The highest BCUT2D eigenvalue weighted by atomic mass is 32.2. The van der Waals surface area contributed by atoms with E-state index in [4.69, 9.17) is 0 Å². The number of methoxy groups -OCH3 is 1. The van der Waals surface area contributed by atoms with E-state index in [2.05, 4.69) is 42.4 Å². The van der Waals surface area contributed by atoms with Gasteiger partial charge in [0.2, 0.25) is 0 Å². The molecule has 0 atom stereocenters. The lowest BCUT2D eigenvalue weighted by Gasteiger charge is -1.90. The Hall–Kier alpha value is -0.650. The summed E-state index contributed by atoms with van der Waals surface area (Å²) < 4.78 is 4.25. The molecule has 0 saturated carbocycles. The fourth-order valence-electron chi connectivity index (χ4n) is 0. The molecule has 0 amide bonds. The summed E-state index contributed by atoms with van der Waals surface area (Å²) in [6, 6.07) is 0. The summed E-state index contributed by atoms with van der Waals surface area (Å²) in [4.78, 5) is 9.61. The van der Waals surface area contributed by atoms with Gasteiger partial charge in [-0.05, 0) is 89.0 Å². The van der Waals surface area contributed by atoms with E-state index in [9.17, 15) is 0 Å². The van der Waals surface area contributed by atoms with Crippen LogP contribution in [0.3, 0.4) is 0 Å². The SMILES string of the molecule is C.C.C.C.C.C.CC(C)=C(C)C.CN(C)C.CN=C(C)C.CN=C(C)C.COC.CSC. The van der Waals surface area contributed by atoms with Crippen LogP contribution in [-0.2, 0) is 4.74 Å². The maximum Gasteiger partial charge on any atom is 0.0351 e. The molecule has 0 heterocycles. The van der Waals surface area contributed by atoms with Gasteiger partial charge in [-0.1, -0.05) is 55.7 Å². The highest BCUT2D eigenvalue weighted by Crippen LogP contribution is 1.97. The van der Waals surface area contributed by atoms with Crippen molar-refractivity contribution in [2.24, 2.45) is 9.98 Å². The molecule has 0 rings (SSSR count). The monoisotopic (exact) mass is 490 g/mol. The summed E-state index contributed by atoms with van der Waals surface area (Å²) in [7, 11) is 12.8. The predicted octanol–water partition coefficient (Wildman–Crippen LogP) is 9.79. The van der Waals surface area contributed by atoms with E-state index in [-0.39, 0.29) is 44.6 Å². The average molecular weight is 490 g/mol. The molecule has 0 aromatic heterocycles. The quantitative estimate of drug-likeness (QED) is 0.251. The predicted molar refractivity (Wildman–Crippen MR) is 172 cm³/mol. The van der Waals surface area contributed by atoms with E-state index in [0.29, 0.717) is 0 Å². The van der Waals surface area contributed by atoms with Gasteiger partial charge < -0.3 is 9.64 Å². The lowest BCUT2D eigenvalue weighted by Crippen LogP contribution is -1.99. The Kier molecular flexibility index (Phi) is 187. The molecule has 0 aromatic rings. The zero-order chi connectivity index (χ0) is 22.7. The van der Waals surface area contributed by atoms with Crippen molar-refractivity contribution in [1.29, 1.82) is 0 Å². The van der Waals surface area contributed by atoms with Crippen molar-refractivity contribution >= 4 is 23.2 Å². The van der Waals surface area contributed by atoms with E-state index >= 15 is 0 Å². The summed E-state index contributed by atoms with van der Waals surface area (Å²) in [5.41, 5.74) is 5.11. The van der Waals surface area contributed by atoms with Gasteiger partial charge in [-0.3, -0.25) is 9.98 Å².